The van der Waals surface area contributed by atoms with E-state index in [9.17, 15) is 15.0 Å². The average molecular weight is 364 g/mol. The number of hydrogen-bond acceptors (Lipinski definition) is 5. The number of fused-ring (bicyclic) bond motifs is 1. The van der Waals surface area contributed by atoms with Crippen molar-refractivity contribution in [2.24, 2.45) is 7.05 Å². The quantitative estimate of drug-likeness (QED) is 0.582. The second kappa shape index (κ2) is 6.31. The van der Waals surface area contributed by atoms with Crippen LogP contribution in [0.2, 0.25) is 0 Å². The first-order chi connectivity index (χ1) is 12.5. The monoisotopic (exact) mass is 364 g/mol. The van der Waals surface area contributed by atoms with E-state index in [2.05, 4.69) is 4.98 Å². The Hall–Kier alpha value is -3.12. The first-order valence-electron chi connectivity index (χ1n) is 8.08. The molecule has 26 heavy (non-hydrogen) atoms. The molecule has 5 nitrogen and oxygen atoms in total. The van der Waals surface area contributed by atoms with Crippen LogP contribution < -0.4 is 5.56 Å². The predicted molar refractivity (Wildman–Crippen MR) is 103 cm³/mol. The first kappa shape index (κ1) is 16.4. The molecule has 130 valence electrons. The van der Waals surface area contributed by atoms with Gasteiger partial charge in [0, 0.05) is 18.3 Å². The highest BCUT2D eigenvalue weighted by atomic mass is 32.1. The molecule has 0 unspecified atom stereocenters. The standard InChI is InChI=1S/C20H16N2O3S/c1-22-18(9-12-5-7-14(23)8-6-12)21-16-11-17(26-19(16)20(22)25)13-3-2-4-15(24)10-13/h2-8,10-11,23-24H,9H2,1H3. The van der Waals surface area contributed by atoms with Crippen LogP contribution in [0.15, 0.2) is 59.4 Å². The van der Waals surface area contributed by atoms with Gasteiger partial charge >= 0.3 is 0 Å². The number of hydrogen-bond donors (Lipinski definition) is 2. The normalized spacial score (nSPS) is 11.1. The number of phenols is 2. The maximum Gasteiger partial charge on any atom is 0.271 e. The van der Waals surface area contributed by atoms with Crippen LogP contribution in [0.25, 0.3) is 20.7 Å². The van der Waals surface area contributed by atoms with Crippen LogP contribution in [-0.2, 0) is 13.5 Å². The molecule has 2 aromatic carbocycles. The summed E-state index contributed by atoms with van der Waals surface area (Å²) >= 11 is 1.38. The van der Waals surface area contributed by atoms with Crippen LogP contribution in [-0.4, -0.2) is 19.8 Å². The minimum absolute atomic E-state index is 0.0832. The number of thiophene rings is 1. The number of rotatable bonds is 3. The second-order valence-corrected chi connectivity index (χ2v) is 7.16. The molecular weight excluding hydrogens is 348 g/mol. The first-order valence-corrected chi connectivity index (χ1v) is 8.89. The van der Waals surface area contributed by atoms with Gasteiger partial charge in [0.05, 0.1) is 5.52 Å². The van der Waals surface area contributed by atoms with Gasteiger partial charge in [0.2, 0.25) is 0 Å². The summed E-state index contributed by atoms with van der Waals surface area (Å²) in [6.07, 6.45) is 0.499. The number of phenolic OH excluding ortho intramolecular Hbond substituents is 2. The van der Waals surface area contributed by atoms with Crippen molar-refractivity contribution in [3.8, 4) is 21.9 Å². The average Bonchev–Trinajstić information content (AvgIpc) is 3.06. The molecule has 4 aromatic rings. The Morgan fingerprint density at radius 3 is 2.54 bits per heavy atom. The summed E-state index contributed by atoms with van der Waals surface area (Å²) in [5.74, 6) is 1.06. The topological polar surface area (TPSA) is 75.3 Å². The van der Waals surface area contributed by atoms with Crippen molar-refractivity contribution in [3.63, 3.8) is 0 Å². The molecule has 0 saturated carbocycles. The highest BCUT2D eigenvalue weighted by Crippen LogP contribution is 2.32. The predicted octanol–water partition coefficient (Wildman–Crippen LogP) is 3.66. The zero-order valence-electron chi connectivity index (χ0n) is 14.0. The molecule has 0 aliphatic heterocycles. The minimum Gasteiger partial charge on any atom is -0.508 e. The van der Waals surface area contributed by atoms with Crippen molar-refractivity contribution in [3.05, 3.63) is 76.3 Å². The van der Waals surface area contributed by atoms with E-state index >= 15 is 0 Å². The Morgan fingerprint density at radius 2 is 1.81 bits per heavy atom. The zero-order valence-corrected chi connectivity index (χ0v) is 14.8. The van der Waals surface area contributed by atoms with Gasteiger partial charge < -0.3 is 10.2 Å². The van der Waals surface area contributed by atoms with Gasteiger partial charge in [-0.25, -0.2) is 4.98 Å². The molecule has 0 aliphatic carbocycles. The van der Waals surface area contributed by atoms with Crippen molar-refractivity contribution in [1.29, 1.82) is 0 Å². The maximum absolute atomic E-state index is 12.7. The molecule has 0 fully saturated rings. The lowest BCUT2D eigenvalue weighted by Gasteiger charge is -2.07. The van der Waals surface area contributed by atoms with E-state index in [1.807, 2.05) is 24.3 Å². The molecule has 6 heteroatoms. The summed E-state index contributed by atoms with van der Waals surface area (Å²) in [4.78, 5) is 18.3. The SMILES string of the molecule is Cn1c(Cc2ccc(O)cc2)nc2cc(-c3cccc(O)c3)sc2c1=O. The molecule has 2 aromatic heterocycles. The minimum atomic E-state index is -0.0832. The molecule has 0 amide bonds. The van der Waals surface area contributed by atoms with Crippen molar-refractivity contribution >= 4 is 21.6 Å². The third-order valence-corrected chi connectivity index (χ3v) is 5.44. The van der Waals surface area contributed by atoms with Gasteiger partial charge in [-0.05, 0) is 41.5 Å². The number of benzene rings is 2. The summed E-state index contributed by atoms with van der Waals surface area (Å²) in [7, 11) is 1.72. The van der Waals surface area contributed by atoms with Gasteiger partial charge in [0.15, 0.2) is 0 Å². The lowest BCUT2D eigenvalue weighted by molar-refractivity contribution is 0.474. The smallest absolute Gasteiger partial charge is 0.271 e. The van der Waals surface area contributed by atoms with Gasteiger partial charge in [-0.15, -0.1) is 11.3 Å². The van der Waals surface area contributed by atoms with E-state index in [1.165, 1.54) is 11.3 Å². The van der Waals surface area contributed by atoms with Crippen LogP contribution in [0.1, 0.15) is 11.4 Å². The van der Waals surface area contributed by atoms with Gasteiger partial charge in [-0.1, -0.05) is 24.3 Å². The number of nitrogens with zero attached hydrogens (tertiary/aromatic N) is 2. The second-order valence-electron chi connectivity index (χ2n) is 6.11. The van der Waals surface area contributed by atoms with E-state index < -0.39 is 0 Å². The summed E-state index contributed by atoms with van der Waals surface area (Å²) < 4.78 is 2.16. The molecule has 0 spiro atoms. The Kier molecular flexibility index (Phi) is 3.97. The third-order valence-electron chi connectivity index (χ3n) is 4.28. The van der Waals surface area contributed by atoms with Crippen LogP contribution in [0.3, 0.4) is 0 Å². The summed E-state index contributed by atoms with van der Waals surface area (Å²) in [5.41, 5.74) is 2.40. The van der Waals surface area contributed by atoms with E-state index in [1.54, 1.807) is 41.9 Å². The van der Waals surface area contributed by atoms with Crippen LogP contribution in [0.5, 0.6) is 11.5 Å². The molecule has 0 atom stereocenters. The van der Waals surface area contributed by atoms with E-state index in [-0.39, 0.29) is 17.1 Å². The van der Waals surface area contributed by atoms with Crippen molar-refractivity contribution in [2.75, 3.05) is 0 Å². The van der Waals surface area contributed by atoms with Crippen molar-refractivity contribution in [2.45, 2.75) is 6.42 Å². The van der Waals surface area contributed by atoms with Gasteiger partial charge in [-0.2, -0.15) is 0 Å². The lowest BCUT2D eigenvalue weighted by Crippen LogP contribution is -2.21. The van der Waals surface area contributed by atoms with E-state index in [4.69, 9.17) is 0 Å². The number of aromatic hydroxyl groups is 2. The summed E-state index contributed by atoms with van der Waals surface area (Å²) in [6.45, 7) is 0. The molecule has 0 aliphatic rings. The molecule has 4 rings (SSSR count). The van der Waals surface area contributed by atoms with Crippen molar-refractivity contribution < 1.29 is 10.2 Å². The zero-order chi connectivity index (χ0) is 18.3. The van der Waals surface area contributed by atoms with Gasteiger partial charge in [0.25, 0.3) is 5.56 Å². The van der Waals surface area contributed by atoms with E-state index in [0.29, 0.717) is 22.5 Å². The Labute approximate surface area is 153 Å². The molecular formula is C20H16N2O3S. The highest BCUT2D eigenvalue weighted by Gasteiger charge is 2.13. The largest absolute Gasteiger partial charge is 0.508 e. The lowest BCUT2D eigenvalue weighted by atomic mass is 10.1. The maximum atomic E-state index is 12.7. The van der Waals surface area contributed by atoms with E-state index in [0.717, 1.165) is 16.0 Å². The summed E-state index contributed by atoms with van der Waals surface area (Å²) in [6, 6.07) is 15.7. The third kappa shape index (κ3) is 2.95. The molecule has 2 heterocycles. The van der Waals surface area contributed by atoms with Crippen LogP contribution in [0, 0.1) is 0 Å². The van der Waals surface area contributed by atoms with Gasteiger partial charge in [-0.3, -0.25) is 9.36 Å². The molecule has 0 bridgehead atoms. The highest BCUT2D eigenvalue weighted by molar-refractivity contribution is 7.22. The fourth-order valence-corrected chi connectivity index (χ4v) is 3.93. The van der Waals surface area contributed by atoms with Gasteiger partial charge in [0.1, 0.15) is 22.0 Å². The Balaban J connectivity index is 1.80. The Bertz CT molecular complexity index is 1160. The number of aromatic nitrogens is 2. The molecule has 2 N–H and O–H groups in total. The fraction of sp³-hybridized carbons (Fsp3) is 0.100. The molecule has 0 radical (unpaired) electrons. The summed E-state index contributed by atoms with van der Waals surface area (Å²) in [5, 5.41) is 19.1. The van der Waals surface area contributed by atoms with Crippen LogP contribution >= 0.6 is 11.3 Å². The van der Waals surface area contributed by atoms with Crippen LogP contribution in [0.4, 0.5) is 0 Å². The molecule has 0 saturated heterocycles. The Morgan fingerprint density at radius 1 is 1.04 bits per heavy atom. The van der Waals surface area contributed by atoms with Crippen molar-refractivity contribution in [1.82, 2.24) is 9.55 Å². The fourth-order valence-electron chi connectivity index (χ4n) is 2.86.